The van der Waals surface area contributed by atoms with Gasteiger partial charge in [-0.15, -0.1) is 24.0 Å². The average molecular weight is 456 g/mol. The van der Waals surface area contributed by atoms with Gasteiger partial charge in [0.2, 0.25) is 0 Å². The van der Waals surface area contributed by atoms with Crippen LogP contribution in [0.4, 0.5) is 0 Å². The van der Waals surface area contributed by atoms with Gasteiger partial charge in [-0.05, 0) is 26.2 Å². The van der Waals surface area contributed by atoms with Crippen molar-refractivity contribution < 1.29 is 9.47 Å². The normalized spacial score (nSPS) is 17.5. The fourth-order valence-corrected chi connectivity index (χ4v) is 2.40. The third-order valence-corrected chi connectivity index (χ3v) is 3.74. The Kier molecular flexibility index (Phi) is 15.1. The Labute approximate surface area is 165 Å². The highest BCUT2D eigenvalue weighted by Crippen LogP contribution is 2.03. The Bertz CT molecular complexity index is 324. The Morgan fingerprint density at radius 1 is 1.21 bits per heavy atom. The number of hydrogen-bond acceptors (Lipinski definition) is 4. The van der Waals surface area contributed by atoms with Gasteiger partial charge in [-0.2, -0.15) is 0 Å². The number of rotatable bonds is 10. The summed E-state index contributed by atoms with van der Waals surface area (Å²) in [7, 11) is 0. The van der Waals surface area contributed by atoms with Gasteiger partial charge in [0, 0.05) is 45.4 Å². The predicted octanol–water partition coefficient (Wildman–Crippen LogP) is 1.94. The quantitative estimate of drug-likeness (QED) is 0.228. The van der Waals surface area contributed by atoms with E-state index in [4.69, 9.17) is 14.5 Å². The van der Waals surface area contributed by atoms with Gasteiger partial charge in [0.25, 0.3) is 0 Å². The van der Waals surface area contributed by atoms with E-state index < -0.39 is 0 Å². The van der Waals surface area contributed by atoms with Crippen molar-refractivity contribution in [2.75, 3.05) is 59.2 Å². The van der Waals surface area contributed by atoms with Gasteiger partial charge >= 0.3 is 0 Å². The minimum Gasteiger partial charge on any atom is -0.381 e. The molecule has 0 aromatic heterocycles. The maximum Gasteiger partial charge on any atom is 0.191 e. The second kappa shape index (κ2) is 15.2. The summed E-state index contributed by atoms with van der Waals surface area (Å²) in [4.78, 5) is 7.15. The van der Waals surface area contributed by atoms with E-state index in [-0.39, 0.29) is 24.0 Å². The van der Waals surface area contributed by atoms with Crippen molar-refractivity contribution in [3.63, 3.8) is 0 Å². The number of halogens is 1. The Morgan fingerprint density at radius 2 is 1.92 bits per heavy atom. The molecule has 1 aliphatic rings. The number of guanidine groups is 1. The summed E-state index contributed by atoms with van der Waals surface area (Å²) >= 11 is 0. The molecule has 6 nitrogen and oxygen atoms in total. The van der Waals surface area contributed by atoms with Crippen LogP contribution in [0.3, 0.4) is 0 Å². The molecule has 1 aliphatic heterocycles. The first-order chi connectivity index (χ1) is 11.1. The van der Waals surface area contributed by atoms with Crippen molar-refractivity contribution in [1.29, 1.82) is 0 Å². The summed E-state index contributed by atoms with van der Waals surface area (Å²) in [6, 6.07) is 0.448. The lowest BCUT2D eigenvalue weighted by Gasteiger charge is -2.31. The Hall–Kier alpha value is -0.120. The maximum absolute atomic E-state index is 5.60. The van der Waals surface area contributed by atoms with Gasteiger partial charge in [-0.1, -0.05) is 13.8 Å². The molecule has 1 heterocycles. The van der Waals surface area contributed by atoms with Crippen LogP contribution in [0.1, 0.15) is 34.1 Å². The van der Waals surface area contributed by atoms with Crippen LogP contribution in [-0.4, -0.2) is 76.1 Å². The lowest BCUT2D eigenvalue weighted by molar-refractivity contribution is 0.0220. The summed E-state index contributed by atoms with van der Waals surface area (Å²) < 4.78 is 11.0. The van der Waals surface area contributed by atoms with E-state index in [2.05, 4.69) is 43.2 Å². The molecular formula is C17H37IN4O2. The molecule has 1 atom stereocenters. The molecule has 0 aromatic rings. The molecule has 7 heteroatoms. The molecule has 0 aliphatic carbocycles. The standard InChI is InChI=1S/C17H36N4O2.HI/c1-5-18-17(19-7-6-10-23-14-15(2)3)20-13-16(4)21-8-11-22-12-9-21;/h15-16H,5-14H2,1-4H3,(H2,18,19,20);1H. The molecule has 1 unspecified atom stereocenters. The van der Waals surface area contributed by atoms with Gasteiger partial charge in [0.1, 0.15) is 0 Å². The first-order valence-corrected chi connectivity index (χ1v) is 9.05. The summed E-state index contributed by atoms with van der Waals surface area (Å²) in [5, 5.41) is 6.69. The lowest BCUT2D eigenvalue weighted by Crippen LogP contribution is -2.44. The number of nitrogens with zero attached hydrogens (tertiary/aromatic N) is 2. The van der Waals surface area contributed by atoms with Crippen LogP contribution >= 0.6 is 24.0 Å². The molecule has 0 spiro atoms. The second-order valence-electron chi connectivity index (χ2n) is 6.47. The fraction of sp³-hybridized carbons (Fsp3) is 0.941. The van der Waals surface area contributed by atoms with Gasteiger partial charge in [-0.3, -0.25) is 9.89 Å². The van der Waals surface area contributed by atoms with Crippen molar-refractivity contribution in [1.82, 2.24) is 15.5 Å². The van der Waals surface area contributed by atoms with Crippen molar-refractivity contribution in [3.05, 3.63) is 0 Å². The van der Waals surface area contributed by atoms with Crippen molar-refractivity contribution >= 4 is 29.9 Å². The monoisotopic (exact) mass is 456 g/mol. The first-order valence-electron chi connectivity index (χ1n) is 9.05. The van der Waals surface area contributed by atoms with Crippen LogP contribution in [0.15, 0.2) is 4.99 Å². The van der Waals surface area contributed by atoms with E-state index in [1.165, 1.54) is 0 Å². The first kappa shape index (κ1) is 23.9. The van der Waals surface area contributed by atoms with Crippen LogP contribution in [0.2, 0.25) is 0 Å². The summed E-state index contributed by atoms with van der Waals surface area (Å²) in [5.41, 5.74) is 0. The largest absolute Gasteiger partial charge is 0.381 e. The van der Waals surface area contributed by atoms with Crippen LogP contribution in [0, 0.1) is 5.92 Å². The summed E-state index contributed by atoms with van der Waals surface area (Å²) in [6.07, 6.45) is 0.996. The Morgan fingerprint density at radius 3 is 2.54 bits per heavy atom. The maximum atomic E-state index is 5.60. The fourth-order valence-electron chi connectivity index (χ4n) is 2.40. The smallest absolute Gasteiger partial charge is 0.191 e. The molecular weight excluding hydrogens is 419 g/mol. The van der Waals surface area contributed by atoms with E-state index in [0.717, 1.165) is 71.5 Å². The summed E-state index contributed by atoms with van der Waals surface area (Å²) in [6.45, 7) is 16.6. The van der Waals surface area contributed by atoms with Crippen LogP contribution in [0.25, 0.3) is 0 Å². The van der Waals surface area contributed by atoms with Crippen LogP contribution < -0.4 is 10.6 Å². The third kappa shape index (κ3) is 11.4. The van der Waals surface area contributed by atoms with Crippen LogP contribution in [-0.2, 0) is 9.47 Å². The lowest BCUT2D eigenvalue weighted by atomic mass is 10.2. The van der Waals surface area contributed by atoms with E-state index in [1.54, 1.807) is 0 Å². The molecule has 144 valence electrons. The average Bonchev–Trinajstić information content (AvgIpc) is 2.55. The highest BCUT2D eigenvalue weighted by atomic mass is 127. The third-order valence-electron chi connectivity index (χ3n) is 3.74. The zero-order valence-electron chi connectivity index (χ0n) is 15.8. The molecule has 0 saturated carbocycles. The predicted molar refractivity (Wildman–Crippen MR) is 112 cm³/mol. The zero-order chi connectivity index (χ0) is 16.9. The summed E-state index contributed by atoms with van der Waals surface area (Å²) in [5.74, 6) is 1.50. The van der Waals surface area contributed by atoms with Crippen LogP contribution in [0.5, 0.6) is 0 Å². The zero-order valence-corrected chi connectivity index (χ0v) is 18.2. The van der Waals surface area contributed by atoms with Gasteiger partial charge in [0.15, 0.2) is 5.96 Å². The number of nitrogens with one attached hydrogen (secondary N) is 2. The van der Waals surface area contributed by atoms with Crippen molar-refractivity contribution in [2.45, 2.75) is 40.2 Å². The minimum absolute atomic E-state index is 0. The van der Waals surface area contributed by atoms with Crippen molar-refractivity contribution in [2.24, 2.45) is 10.9 Å². The van der Waals surface area contributed by atoms with E-state index in [9.17, 15) is 0 Å². The molecule has 0 radical (unpaired) electrons. The van der Waals surface area contributed by atoms with E-state index >= 15 is 0 Å². The number of morpholine rings is 1. The molecule has 2 N–H and O–H groups in total. The van der Waals surface area contributed by atoms with Gasteiger partial charge in [0.05, 0.1) is 19.8 Å². The molecule has 0 amide bonds. The van der Waals surface area contributed by atoms with E-state index in [0.29, 0.717) is 12.0 Å². The van der Waals surface area contributed by atoms with Gasteiger partial charge < -0.3 is 20.1 Å². The number of aliphatic imine (C=N–C) groups is 1. The highest BCUT2D eigenvalue weighted by molar-refractivity contribution is 14.0. The van der Waals surface area contributed by atoms with Crippen molar-refractivity contribution in [3.8, 4) is 0 Å². The van der Waals surface area contributed by atoms with Gasteiger partial charge in [-0.25, -0.2) is 0 Å². The molecule has 0 aromatic carbocycles. The SMILES string of the molecule is CCNC(=NCC(C)N1CCOCC1)NCCCOCC(C)C.I. The molecule has 1 fully saturated rings. The number of hydrogen-bond donors (Lipinski definition) is 2. The topological polar surface area (TPSA) is 58.1 Å². The highest BCUT2D eigenvalue weighted by Gasteiger charge is 2.16. The second-order valence-corrected chi connectivity index (χ2v) is 6.47. The minimum atomic E-state index is 0. The molecule has 1 rings (SSSR count). The molecule has 24 heavy (non-hydrogen) atoms. The molecule has 0 bridgehead atoms. The molecule has 1 saturated heterocycles. The Balaban J connectivity index is 0.00000529. The number of ether oxygens (including phenoxy) is 2. The van der Waals surface area contributed by atoms with E-state index in [1.807, 2.05) is 0 Å².